The van der Waals surface area contributed by atoms with Gasteiger partial charge in [-0.25, -0.2) is 0 Å². The first-order valence-corrected chi connectivity index (χ1v) is 6.66. The molecular weight excluding hydrogens is 184 g/mol. The monoisotopic (exact) mass is 212 g/mol. The van der Waals surface area contributed by atoms with E-state index in [2.05, 4.69) is 19.2 Å². The molecule has 0 aromatic rings. The van der Waals surface area contributed by atoms with Crippen molar-refractivity contribution >= 4 is 0 Å². The number of nitrogens with two attached hydrogens (primary N) is 1. The molecule has 3 N–H and O–H groups in total. The van der Waals surface area contributed by atoms with E-state index in [0.29, 0.717) is 6.04 Å². The van der Waals surface area contributed by atoms with Gasteiger partial charge in [-0.2, -0.15) is 0 Å². The third kappa shape index (κ3) is 4.52. The lowest BCUT2D eigenvalue weighted by Gasteiger charge is -2.36. The maximum absolute atomic E-state index is 6.00. The van der Waals surface area contributed by atoms with Crippen molar-refractivity contribution in [1.29, 1.82) is 0 Å². The van der Waals surface area contributed by atoms with Crippen LogP contribution >= 0.6 is 0 Å². The highest BCUT2D eigenvalue weighted by molar-refractivity contribution is 4.90. The highest BCUT2D eigenvalue weighted by atomic mass is 15.0. The molecule has 0 bridgehead atoms. The van der Waals surface area contributed by atoms with E-state index in [0.717, 1.165) is 6.54 Å². The Hall–Kier alpha value is -0.0800. The van der Waals surface area contributed by atoms with Gasteiger partial charge in [-0.15, -0.1) is 0 Å². The Morgan fingerprint density at radius 1 is 1.00 bits per heavy atom. The van der Waals surface area contributed by atoms with Crippen molar-refractivity contribution in [2.75, 3.05) is 6.54 Å². The Morgan fingerprint density at radius 2 is 1.47 bits per heavy atom. The Balaban J connectivity index is 2.55. The predicted molar refractivity (Wildman–Crippen MR) is 67.0 cm³/mol. The van der Waals surface area contributed by atoms with Gasteiger partial charge >= 0.3 is 0 Å². The molecule has 0 amide bonds. The van der Waals surface area contributed by atoms with Crippen LogP contribution < -0.4 is 11.1 Å². The van der Waals surface area contributed by atoms with Gasteiger partial charge in [0.15, 0.2) is 0 Å². The molecule has 0 atom stereocenters. The summed E-state index contributed by atoms with van der Waals surface area (Å²) in [5.74, 6) is 0. The summed E-state index contributed by atoms with van der Waals surface area (Å²) in [4.78, 5) is 0. The van der Waals surface area contributed by atoms with E-state index in [1.807, 2.05) is 0 Å². The van der Waals surface area contributed by atoms with Crippen molar-refractivity contribution in [3.05, 3.63) is 0 Å². The molecule has 0 aromatic carbocycles. The molecule has 1 rings (SSSR count). The second-order valence-electron chi connectivity index (χ2n) is 5.40. The van der Waals surface area contributed by atoms with Gasteiger partial charge in [0.25, 0.3) is 0 Å². The van der Waals surface area contributed by atoms with E-state index in [9.17, 15) is 0 Å². The van der Waals surface area contributed by atoms with E-state index in [1.54, 1.807) is 0 Å². The minimum absolute atomic E-state index is 0.235. The first-order valence-electron chi connectivity index (χ1n) is 6.66. The second kappa shape index (κ2) is 6.49. The van der Waals surface area contributed by atoms with E-state index < -0.39 is 0 Å². The van der Waals surface area contributed by atoms with Gasteiger partial charge < -0.3 is 11.1 Å². The average Bonchev–Trinajstić information content (AvgIpc) is 2.30. The molecule has 0 spiro atoms. The number of nitrogens with one attached hydrogen (secondary N) is 1. The molecule has 1 saturated carbocycles. The Labute approximate surface area is 95.0 Å². The summed E-state index contributed by atoms with van der Waals surface area (Å²) in [6.07, 6.45) is 10.8. The van der Waals surface area contributed by atoms with Crippen LogP contribution in [0, 0.1) is 0 Å². The molecule has 2 nitrogen and oxygen atoms in total. The Bertz CT molecular complexity index is 156. The lowest BCUT2D eigenvalue weighted by molar-refractivity contribution is 0.257. The zero-order chi connectivity index (χ0) is 11.1. The van der Waals surface area contributed by atoms with Crippen LogP contribution in [0.25, 0.3) is 0 Å². The van der Waals surface area contributed by atoms with E-state index in [1.165, 1.54) is 51.4 Å². The standard InChI is InChI=1S/C13H28N2/c1-12(2)15-13(11-14)9-7-5-3-4-6-8-10-13/h12,15H,3-11,14H2,1-2H3. The van der Waals surface area contributed by atoms with Gasteiger partial charge in [0.05, 0.1) is 0 Å². The van der Waals surface area contributed by atoms with Gasteiger partial charge in [-0.3, -0.25) is 0 Å². The molecule has 90 valence electrons. The van der Waals surface area contributed by atoms with Crippen molar-refractivity contribution < 1.29 is 0 Å². The molecule has 0 aliphatic heterocycles. The smallest absolute Gasteiger partial charge is 0.0306 e. The van der Waals surface area contributed by atoms with Crippen LogP contribution in [0.3, 0.4) is 0 Å². The maximum Gasteiger partial charge on any atom is 0.0306 e. The normalized spacial score (nSPS) is 23.2. The van der Waals surface area contributed by atoms with Gasteiger partial charge in [0.2, 0.25) is 0 Å². The third-order valence-electron chi connectivity index (χ3n) is 3.55. The van der Waals surface area contributed by atoms with Gasteiger partial charge in [0, 0.05) is 18.1 Å². The summed E-state index contributed by atoms with van der Waals surface area (Å²) in [6.45, 7) is 5.25. The summed E-state index contributed by atoms with van der Waals surface area (Å²) in [5, 5.41) is 3.72. The van der Waals surface area contributed by atoms with Gasteiger partial charge in [-0.05, 0) is 12.8 Å². The Morgan fingerprint density at radius 3 is 1.87 bits per heavy atom. The lowest BCUT2D eigenvalue weighted by atomic mass is 9.87. The molecule has 0 unspecified atom stereocenters. The van der Waals surface area contributed by atoms with Crippen LogP contribution in [-0.4, -0.2) is 18.1 Å². The first kappa shape index (κ1) is 13.0. The van der Waals surface area contributed by atoms with Gasteiger partial charge in [-0.1, -0.05) is 52.4 Å². The predicted octanol–water partition coefficient (Wildman–Crippen LogP) is 2.82. The molecule has 2 heteroatoms. The highest BCUT2D eigenvalue weighted by Crippen LogP contribution is 2.25. The van der Waals surface area contributed by atoms with Gasteiger partial charge in [0.1, 0.15) is 0 Å². The minimum Gasteiger partial charge on any atom is -0.329 e. The zero-order valence-corrected chi connectivity index (χ0v) is 10.5. The van der Waals surface area contributed by atoms with E-state index >= 15 is 0 Å². The summed E-state index contributed by atoms with van der Waals surface area (Å²) in [7, 11) is 0. The zero-order valence-electron chi connectivity index (χ0n) is 10.5. The van der Waals surface area contributed by atoms with Crippen molar-refractivity contribution in [2.24, 2.45) is 5.73 Å². The highest BCUT2D eigenvalue weighted by Gasteiger charge is 2.28. The van der Waals surface area contributed by atoms with E-state index in [4.69, 9.17) is 5.73 Å². The molecule has 0 radical (unpaired) electrons. The summed E-state index contributed by atoms with van der Waals surface area (Å²) < 4.78 is 0. The number of hydrogen-bond donors (Lipinski definition) is 2. The molecular formula is C13H28N2. The molecule has 0 aromatic heterocycles. The first-order chi connectivity index (χ1) is 7.18. The van der Waals surface area contributed by atoms with Crippen LogP contribution in [0.1, 0.15) is 65.2 Å². The number of rotatable bonds is 3. The number of hydrogen-bond acceptors (Lipinski definition) is 2. The summed E-state index contributed by atoms with van der Waals surface area (Å²) in [6, 6.07) is 0.550. The second-order valence-corrected chi connectivity index (χ2v) is 5.40. The fraction of sp³-hybridized carbons (Fsp3) is 1.00. The fourth-order valence-electron chi connectivity index (χ4n) is 2.78. The maximum atomic E-state index is 6.00. The largest absolute Gasteiger partial charge is 0.329 e. The van der Waals surface area contributed by atoms with Crippen molar-refractivity contribution in [3.8, 4) is 0 Å². The van der Waals surface area contributed by atoms with Crippen molar-refractivity contribution in [2.45, 2.75) is 76.8 Å². The van der Waals surface area contributed by atoms with Crippen molar-refractivity contribution in [1.82, 2.24) is 5.32 Å². The third-order valence-corrected chi connectivity index (χ3v) is 3.55. The minimum atomic E-state index is 0.235. The molecule has 1 fully saturated rings. The topological polar surface area (TPSA) is 38.0 Å². The van der Waals surface area contributed by atoms with E-state index in [-0.39, 0.29) is 5.54 Å². The molecule has 0 saturated heterocycles. The lowest BCUT2D eigenvalue weighted by Crippen LogP contribution is -2.53. The van der Waals surface area contributed by atoms with Crippen LogP contribution in [0.4, 0.5) is 0 Å². The Kier molecular flexibility index (Phi) is 5.62. The SMILES string of the molecule is CC(C)NC1(CN)CCCCCCCC1. The van der Waals surface area contributed by atoms with Crippen LogP contribution in [0.2, 0.25) is 0 Å². The average molecular weight is 212 g/mol. The van der Waals surface area contributed by atoms with Crippen LogP contribution in [0.15, 0.2) is 0 Å². The van der Waals surface area contributed by atoms with Crippen LogP contribution in [-0.2, 0) is 0 Å². The fourth-order valence-corrected chi connectivity index (χ4v) is 2.78. The molecule has 0 heterocycles. The molecule has 15 heavy (non-hydrogen) atoms. The summed E-state index contributed by atoms with van der Waals surface area (Å²) in [5.41, 5.74) is 6.23. The van der Waals surface area contributed by atoms with Crippen LogP contribution in [0.5, 0.6) is 0 Å². The summed E-state index contributed by atoms with van der Waals surface area (Å²) >= 11 is 0. The van der Waals surface area contributed by atoms with Crippen molar-refractivity contribution in [3.63, 3.8) is 0 Å². The molecule has 1 aliphatic carbocycles. The quantitative estimate of drug-likeness (QED) is 0.755. The molecule has 1 aliphatic rings.